The minimum absolute atomic E-state index is 0.235. The van der Waals surface area contributed by atoms with Crippen LogP contribution in [-0.4, -0.2) is 26.2 Å². The van der Waals surface area contributed by atoms with Crippen LogP contribution in [0.5, 0.6) is 0 Å². The summed E-state index contributed by atoms with van der Waals surface area (Å²) in [5.41, 5.74) is 2.68. The van der Waals surface area contributed by atoms with Crippen LogP contribution in [0.15, 0.2) is 22.5 Å². The van der Waals surface area contributed by atoms with Gasteiger partial charge in [0.05, 0.1) is 25.4 Å². The van der Waals surface area contributed by atoms with Gasteiger partial charge in [-0.15, -0.1) is 0 Å². The van der Waals surface area contributed by atoms with Crippen molar-refractivity contribution in [2.75, 3.05) is 14.2 Å². The fraction of sp³-hybridized carbons (Fsp3) is 0.647. The fourth-order valence-corrected chi connectivity index (χ4v) is 3.75. The predicted octanol–water partition coefficient (Wildman–Crippen LogP) is 2.68. The Hall–Kier alpha value is -1.78. The summed E-state index contributed by atoms with van der Waals surface area (Å²) in [4.78, 5) is 24.6. The van der Waals surface area contributed by atoms with Crippen LogP contribution in [0.25, 0.3) is 0 Å². The van der Waals surface area contributed by atoms with E-state index in [1.54, 1.807) is 0 Å². The molecule has 122 valence electrons. The molecule has 1 saturated carbocycles. The van der Waals surface area contributed by atoms with E-state index in [4.69, 9.17) is 9.47 Å². The van der Waals surface area contributed by atoms with Crippen LogP contribution in [-0.2, 0) is 19.1 Å². The number of hydrogen-bond donors (Lipinski definition) is 1. The summed E-state index contributed by atoms with van der Waals surface area (Å²) in [5.74, 6) is -0.686. The van der Waals surface area contributed by atoms with Gasteiger partial charge in [-0.3, -0.25) is 0 Å². The zero-order valence-corrected chi connectivity index (χ0v) is 13.8. The quantitative estimate of drug-likeness (QED) is 0.812. The number of hydrogen-bond acceptors (Lipinski definition) is 5. The summed E-state index contributed by atoms with van der Waals surface area (Å²) < 4.78 is 9.93. The normalized spacial score (nSPS) is 20.7. The molecule has 0 atom stereocenters. The van der Waals surface area contributed by atoms with Gasteiger partial charge < -0.3 is 14.8 Å². The van der Waals surface area contributed by atoms with Gasteiger partial charge >= 0.3 is 11.9 Å². The Morgan fingerprint density at radius 2 is 1.36 bits per heavy atom. The first-order valence-electron chi connectivity index (χ1n) is 7.86. The molecule has 1 N–H and O–H groups in total. The maximum atomic E-state index is 12.3. The molecule has 2 aliphatic rings. The molecule has 22 heavy (non-hydrogen) atoms. The fourth-order valence-electron chi connectivity index (χ4n) is 3.75. The van der Waals surface area contributed by atoms with Gasteiger partial charge in [-0.05, 0) is 32.6 Å². The highest BCUT2D eigenvalue weighted by atomic mass is 16.5. The number of rotatable bonds is 3. The predicted molar refractivity (Wildman–Crippen MR) is 82.6 cm³/mol. The van der Waals surface area contributed by atoms with Gasteiger partial charge in [-0.1, -0.05) is 19.3 Å². The number of allylic oxidation sites excluding steroid dienone is 2. The smallest absolute Gasteiger partial charge is 0.336 e. The second kappa shape index (κ2) is 6.99. The highest BCUT2D eigenvalue weighted by Gasteiger charge is 2.41. The second-order valence-corrected chi connectivity index (χ2v) is 6.06. The van der Waals surface area contributed by atoms with Crippen LogP contribution in [0.1, 0.15) is 46.0 Å². The van der Waals surface area contributed by atoms with Crippen LogP contribution in [0.2, 0.25) is 0 Å². The van der Waals surface area contributed by atoms with E-state index in [2.05, 4.69) is 5.32 Å². The third-order valence-electron chi connectivity index (χ3n) is 4.74. The monoisotopic (exact) mass is 307 g/mol. The Labute approximate surface area is 131 Å². The van der Waals surface area contributed by atoms with Crippen LogP contribution in [0.3, 0.4) is 0 Å². The van der Waals surface area contributed by atoms with Crippen molar-refractivity contribution in [3.05, 3.63) is 22.5 Å². The first kappa shape index (κ1) is 16.6. The third kappa shape index (κ3) is 3.03. The Balaban J connectivity index is 2.49. The van der Waals surface area contributed by atoms with E-state index in [1.807, 2.05) is 13.8 Å². The number of nitrogens with one attached hydrogen (secondary N) is 1. The van der Waals surface area contributed by atoms with Gasteiger partial charge in [0.1, 0.15) is 0 Å². The molecule has 0 amide bonds. The van der Waals surface area contributed by atoms with Crippen molar-refractivity contribution in [1.29, 1.82) is 0 Å². The van der Waals surface area contributed by atoms with Crippen LogP contribution in [0.4, 0.5) is 0 Å². The van der Waals surface area contributed by atoms with Crippen molar-refractivity contribution < 1.29 is 19.1 Å². The van der Waals surface area contributed by atoms with Gasteiger partial charge in [0.15, 0.2) is 0 Å². The van der Waals surface area contributed by atoms with E-state index in [0.717, 1.165) is 37.1 Å². The Kier molecular flexibility index (Phi) is 5.27. The molecule has 1 fully saturated rings. The lowest BCUT2D eigenvalue weighted by molar-refractivity contribution is -0.138. The average molecular weight is 307 g/mol. The molecule has 0 aromatic heterocycles. The highest BCUT2D eigenvalue weighted by Crippen LogP contribution is 2.42. The lowest BCUT2D eigenvalue weighted by Crippen LogP contribution is -2.37. The summed E-state index contributed by atoms with van der Waals surface area (Å²) in [6.45, 7) is 3.72. The summed E-state index contributed by atoms with van der Waals surface area (Å²) in [6, 6.07) is 0. The number of ether oxygens (including phenoxy) is 2. The van der Waals surface area contributed by atoms with Crippen LogP contribution >= 0.6 is 0 Å². The topological polar surface area (TPSA) is 64.6 Å². The van der Waals surface area contributed by atoms with Crippen LogP contribution in [0, 0.1) is 11.8 Å². The number of methoxy groups -OCH3 is 2. The number of carbonyl (C=O) groups is 2. The maximum absolute atomic E-state index is 12.3. The van der Waals surface area contributed by atoms with E-state index in [1.165, 1.54) is 20.6 Å². The van der Waals surface area contributed by atoms with Crippen LogP contribution < -0.4 is 5.32 Å². The molecule has 5 nitrogen and oxygen atoms in total. The first-order valence-corrected chi connectivity index (χ1v) is 7.86. The summed E-state index contributed by atoms with van der Waals surface area (Å²) >= 11 is 0. The second-order valence-electron chi connectivity index (χ2n) is 6.06. The number of dihydropyridines is 1. The molecule has 0 aromatic carbocycles. The molecule has 1 aliphatic heterocycles. The van der Waals surface area contributed by atoms with E-state index in [-0.39, 0.29) is 23.8 Å². The van der Waals surface area contributed by atoms with Crippen molar-refractivity contribution in [3.8, 4) is 0 Å². The van der Waals surface area contributed by atoms with Crippen molar-refractivity contribution in [2.45, 2.75) is 46.0 Å². The van der Waals surface area contributed by atoms with Crippen molar-refractivity contribution >= 4 is 11.9 Å². The molecular weight excluding hydrogens is 282 g/mol. The largest absolute Gasteiger partial charge is 0.466 e. The zero-order valence-electron chi connectivity index (χ0n) is 13.8. The Bertz CT molecular complexity index is 489. The summed E-state index contributed by atoms with van der Waals surface area (Å²) in [5, 5.41) is 3.14. The lowest BCUT2D eigenvalue weighted by atomic mass is 9.71. The number of esters is 2. The minimum atomic E-state index is -0.366. The molecule has 1 aliphatic carbocycles. The molecule has 1 heterocycles. The molecule has 0 bridgehead atoms. The van der Waals surface area contributed by atoms with E-state index >= 15 is 0 Å². The highest BCUT2D eigenvalue weighted by molar-refractivity contribution is 5.97. The minimum Gasteiger partial charge on any atom is -0.466 e. The van der Waals surface area contributed by atoms with Crippen molar-refractivity contribution in [1.82, 2.24) is 5.32 Å². The zero-order chi connectivity index (χ0) is 16.3. The molecule has 0 unspecified atom stereocenters. The van der Waals surface area contributed by atoms with Crippen molar-refractivity contribution in [2.24, 2.45) is 11.8 Å². The van der Waals surface area contributed by atoms with Gasteiger partial charge in [0, 0.05) is 17.3 Å². The van der Waals surface area contributed by atoms with E-state index in [9.17, 15) is 9.59 Å². The first-order chi connectivity index (χ1) is 10.5. The maximum Gasteiger partial charge on any atom is 0.336 e. The van der Waals surface area contributed by atoms with E-state index in [0.29, 0.717) is 11.1 Å². The molecule has 0 saturated heterocycles. The summed E-state index contributed by atoms with van der Waals surface area (Å²) in [7, 11) is 2.76. The molecule has 2 rings (SSSR count). The molecule has 0 spiro atoms. The van der Waals surface area contributed by atoms with Gasteiger partial charge in [-0.2, -0.15) is 0 Å². The Morgan fingerprint density at radius 1 is 0.909 bits per heavy atom. The third-order valence-corrected chi connectivity index (χ3v) is 4.74. The molecular formula is C17H25NO4. The van der Waals surface area contributed by atoms with E-state index < -0.39 is 0 Å². The van der Waals surface area contributed by atoms with Crippen molar-refractivity contribution in [3.63, 3.8) is 0 Å². The molecule has 0 aromatic rings. The SMILES string of the molecule is COC(=O)C1=C(C)NC(C)=C(C(=O)OC)C1C1CCCCC1. The summed E-state index contributed by atoms with van der Waals surface area (Å²) in [6.07, 6.45) is 5.53. The van der Waals surface area contributed by atoms with Gasteiger partial charge in [0.2, 0.25) is 0 Å². The molecule has 0 radical (unpaired) electrons. The van der Waals surface area contributed by atoms with Gasteiger partial charge in [-0.25, -0.2) is 9.59 Å². The standard InChI is InChI=1S/C17H25NO4/c1-10-13(16(19)21-3)15(12-8-6-5-7-9-12)14(11(2)18-10)17(20)22-4/h12,15,18H,5-9H2,1-4H3. The molecule has 5 heteroatoms. The average Bonchev–Trinajstić information content (AvgIpc) is 2.53. The van der Waals surface area contributed by atoms with Gasteiger partial charge in [0.25, 0.3) is 0 Å². The Morgan fingerprint density at radius 3 is 1.77 bits per heavy atom. The lowest BCUT2D eigenvalue weighted by Gasteiger charge is -2.36. The number of carbonyl (C=O) groups excluding carboxylic acids is 2.